The van der Waals surface area contributed by atoms with E-state index in [-0.39, 0.29) is 0 Å². The van der Waals surface area contributed by atoms with Gasteiger partial charge in [-0.2, -0.15) is 0 Å². The van der Waals surface area contributed by atoms with E-state index in [1.165, 1.54) is 0 Å². The first kappa shape index (κ1) is 14.8. The van der Waals surface area contributed by atoms with Crippen LogP contribution in [-0.4, -0.2) is 26.2 Å². The number of nitrogens with two attached hydrogens (primary N) is 1. The molecule has 0 aliphatic heterocycles. The van der Waals surface area contributed by atoms with Crippen LogP contribution in [-0.2, 0) is 11.3 Å². The van der Waals surface area contributed by atoms with Crippen LogP contribution in [0.1, 0.15) is 12.0 Å². The summed E-state index contributed by atoms with van der Waals surface area (Å²) in [5, 5.41) is 3.81. The normalized spacial score (nSPS) is 11.4. The highest BCUT2D eigenvalue weighted by atomic mass is 35.5. The minimum atomic E-state index is 0.550. The summed E-state index contributed by atoms with van der Waals surface area (Å²) < 4.78 is 4.95. The number of rotatable bonds is 6. The lowest BCUT2D eigenvalue weighted by Gasteiger charge is -2.08. The predicted octanol–water partition coefficient (Wildman–Crippen LogP) is 1.29. The topological polar surface area (TPSA) is 71.7 Å². The van der Waals surface area contributed by atoms with Crippen LogP contribution in [0.4, 0.5) is 0 Å². The van der Waals surface area contributed by atoms with E-state index in [2.05, 4.69) is 15.7 Å². The molecule has 0 aliphatic rings. The summed E-state index contributed by atoms with van der Waals surface area (Å²) in [7, 11) is 1.68. The van der Waals surface area contributed by atoms with Crippen molar-refractivity contribution < 1.29 is 4.74 Å². The predicted molar refractivity (Wildman–Crippen MR) is 74.4 cm³/mol. The molecule has 0 aliphatic carbocycles. The summed E-state index contributed by atoms with van der Waals surface area (Å²) in [6, 6.07) is 7.55. The standard InChI is InChI=1S/C12H19ClN4O/c1-18-8-2-7-15-12(17-14)16-9-10-3-5-11(13)6-4-10/h3-6H,2,7-9,14H2,1H3,(H2,15,16,17). The van der Waals surface area contributed by atoms with Gasteiger partial charge in [0.05, 0.1) is 6.54 Å². The van der Waals surface area contributed by atoms with Crippen LogP contribution < -0.4 is 16.6 Å². The van der Waals surface area contributed by atoms with E-state index in [0.29, 0.717) is 19.1 Å². The zero-order valence-corrected chi connectivity index (χ0v) is 11.2. The molecule has 5 nitrogen and oxygen atoms in total. The Labute approximate surface area is 112 Å². The molecule has 0 unspecified atom stereocenters. The van der Waals surface area contributed by atoms with Gasteiger partial charge >= 0.3 is 0 Å². The Bertz CT molecular complexity index is 367. The van der Waals surface area contributed by atoms with E-state index in [1.54, 1.807) is 7.11 Å². The maximum Gasteiger partial charge on any atom is 0.206 e. The Hall–Kier alpha value is -1.30. The van der Waals surface area contributed by atoms with Gasteiger partial charge in [-0.1, -0.05) is 23.7 Å². The number of ether oxygens (including phenoxy) is 1. The van der Waals surface area contributed by atoms with Crippen molar-refractivity contribution >= 4 is 17.6 Å². The van der Waals surface area contributed by atoms with Crippen molar-refractivity contribution in [1.29, 1.82) is 0 Å². The second-order valence-corrected chi connectivity index (χ2v) is 4.15. The van der Waals surface area contributed by atoms with Gasteiger partial charge in [-0.05, 0) is 24.1 Å². The number of nitrogens with zero attached hydrogens (tertiary/aromatic N) is 1. The number of hydrogen-bond donors (Lipinski definition) is 3. The Kier molecular flexibility index (Phi) is 7.17. The second-order valence-electron chi connectivity index (χ2n) is 3.71. The molecule has 6 heteroatoms. The van der Waals surface area contributed by atoms with Crippen LogP contribution in [0.15, 0.2) is 29.3 Å². The van der Waals surface area contributed by atoms with Crippen LogP contribution in [0, 0.1) is 0 Å². The number of hydrazine groups is 1. The van der Waals surface area contributed by atoms with Crippen molar-refractivity contribution in [2.24, 2.45) is 10.8 Å². The van der Waals surface area contributed by atoms with Gasteiger partial charge in [0.2, 0.25) is 5.96 Å². The van der Waals surface area contributed by atoms with Gasteiger partial charge in [0.15, 0.2) is 0 Å². The van der Waals surface area contributed by atoms with Crippen LogP contribution in [0.3, 0.4) is 0 Å². The van der Waals surface area contributed by atoms with Crippen molar-refractivity contribution in [3.8, 4) is 0 Å². The van der Waals surface area contributed by atoms with Crippen molar-refractivity contribution in [2.75, 3.05) is 20.3 Å². The lowest BCUT2D eigenvalue weighted by atomic mass is 10.2. The fraction of sp³-hybridized carbons (Fsp3) is 0.417. The molecule has 100 valence electrons. The molecule has 0 radical (unpaired) electrons. The number of methoxy groups -OCH3 is 1. The smallest absolute Gasteiger partial charge is 0.206 e. The van der Waals surface area contributed by atoms with Crippen molar-refractivity contribution in [1.82, 2.24) is 10.7 Å². The average molecular weight is 271 g/mol. The maximum absolute atomic E-state index is 5.81. The maximum atomic E-state index is 5.81. The quantitative estimate of drug-likeness (QED) is 0.239. The molecular formula is C12H19ClN4O. The summed E-state index contributed by atoms with van der Waals surface area (Å²) >= 11 is 5.81. The van der Waals surface area contributed by atoms with Gasteiger partial charge in [-0.15, -0.1) is 0 Å². The lowest BCUT2D eigenvalue weighted by molar-refractivity contribution is 0.195. The highest BCUT2D eigenvalue weighted by Gasteiger charge is 1.96. The van der Waals surface area contributed by atoms with E-state index < -0.39 is 0 Å². The van der Waals surface area contributed by atoms with Crippen molar-refractivity contribution in [3.63, 3.8) is 0 Å². The first-order valence-corrected chi connectivity index (χ1v) is 6.12. The molecule has 0 amide bonds. The summed E-state index contributed by atoms with van der Waals surface area (Å²) in [6.07, 6.45) is 0.901. The first-order chi connectivity index (χ1) is 8.76. The van der Waals surface area contributed by atoms with E-state index >= 15 is 0 Å². The molecule has 1 aromatic carbocycles. The van der Waals surface area contributed by atoms with E-state index in [9.17, 15) is 0 Å². The molecule has 1 rings (SSSR count). The van der Waals surface area contributed by atoms with Gasteiger partial charge in [-0.25, -0.2) is 10.8 Å². The summed E-state index contributed by atoms with van der Waals surface area (Å²) in [5.74, 6) is 5.95. The molecule has 0 heterocycles. The molecule has 0 atom stereocenters. The van der Waals surface area contributed by atoms with Crippen LogP contribution in [0.5, 0.6) is 0 Å². The first-order valence-electron chi connectivity index (χ1n) is 5.74. The number of halogens is 1. The molecule has 0 saturated heterocycles. The van der Waals surface area contributed by atoms with Gasteiger partial charge in [0, 0.05) is 25.3 Å². The van der Waals surface area contributed by atoms with Gasteiger partial charge < -0.3 is 10.1 Å². The third kappa shape index (κ3) is 5.86. The molecule has 0 aromatic heterocycles. The molecule has 0 bridgehead atoms. The van der Waals surface area contributed by atoms with Crippen molar-refractivity contribution in [2.45, 2.75) is 13.0 Å². The number of nitrogens with one attached hydrogen (secondary N) is 2. The minimum Gasteiger partial charge on any atom is -0.385 e. The van der Waals surface area contributed by atoms with Crippen LogP contribution >= 0.6 is 11.6 Å². The zero-order valence-electron chi connectivity index (χ0n) is 10.4. The zero-order chi connectivity index (χ0) is 13.2. The number of aliphatic imine (C=N–C) groups is 1. The fourth-order valence-electron chi connectivity index (χ4n) is 1.34. The van der Waals surface area contributed by atoms with E-state index in [4.69, 9.17) is 22.2 Å². The molecule has 0 spiro atoms. The summed E-state index contributed by atoms with van der Waals surface area (Å²) in [5.41, 5.74) is 3.61. The van der Waals surface area contributed by atoms with Gasteiger partial charge in [0.25, 0.3) is 0 Å². The molecule has 18 heavy (non-hydrogen) atoms. The summed E-state index contributed by atoms with van der Waals surface area (Å²) in [4.78, 5) is 4.33. The second kappa shape index (κ2) is 8.74. The monoisotopic (exact) mass is 270 g/mol. The van der Waals surface area contributed by atoms with E-state index in [0.717, 1.165) is 23.6 Å². The largest absolute Gasteiger partial charge is 0.385 e. The Morgan fingerprint density at radius 3 is 2.72 bits per heavy atom. The highest BCUT2D eigenvalue weighted by Crippen LogP contribution is 2.09. The Balaban J connectivity index is 2.39. The molecule has 4 N–H and O–H groups in total. The third-order valence-corrected chi connectivity index (χ3v) is 2.54. The molecule has 0 saturated carbocycles. The van der Waals surface area contributed by atoms with Crippen LogP contribution in [0.25, 0.3) is 0 Å². The highest BCUT2D eigenvalue weighted by molar-refractivity contribution is 6.30. The third-order valence-electron chi connectivity index (χ3n) is 2.29. The van der Waals surface area contributed by atoms with E-state index in [1.807, 2.05) is 24.3 Å². The fourth-order valence-corrected chi connectivity index (χ4v) is 1.46. The minimum absolute atomic E-state index is 0.550. The summed E-state index contributed by atoms with van der Waals surface area (Å²) in [6.45, 7) is 2.02. The average Bonchev–Trinajstić information content (AvgIpc) is 2.40. The number of guanidine groups is 1. The molecular weight excluding hydrogens is 252 g/mol. The lowest BCUT2D eigenvalue weighted by Crippen LogP contribution is -2.42. The van der Waals surface area contributed by atoms with Gasteiger partial charge in [-0.3, -0.25) is 5.43 Å². The number of hydrogen-bond acceptors (Lipinski definition) is 3. The Morgan fingerprint density at radius 2 is 2.11 bits per heavy atom. The van der Waals surface area contributed by atoms with Gasteiger partial charge in [0.1, 0.15) is 0 Å². The number of benzene rings is 1. The van der Waals surface area contributed by atoms with Crippen molar-refractivity contribution in [3.05, 3.63) is 34.9 Å². The SMILES string of the molecule is COCCCNC(=NCc1ccc(Cl)cc1)NN. The van der Waals surface area contributed by atoms with Crippen LogP contribution in [0.2, 0.25) is 5.02 Å². The Morgan fingerprint density at radius 1 is 1.39 bits per heavy atom. The molecule has 1 aromatic rings. The molecule has 0 fully saturated rings.